The van der Waals surface area contributed by atoms with Crippen LogP contribution in [0.2, 0.25) is 10.0 Å². The molecule has 4 nitrogen and oxygen atoms in total. The zero-order valence-corrected chi connectivity index (χ0v) is 18.7. The van der Waals surface area contributed by atoms with Crippen LogP contribution in [0, 0.1) is 6.92 Å². The number of benzene rings is 3. The van der Waals surface area contributed by atoms with Crippen LogP contribution in [-0.4, -0.2) is 17.1 Å². The van der Waals surface area contributed by atoms with Crippen molar-refractivity contribution in [3.8, 4) is 0 Å². The minimum Gasteiger partial charge on any atom is -0.324 e. The van der Waals surface area contributed by atoms with E-state index in [9.17, 15) is 9.59 Å². The number of hydrogen-bond acceptors (Lipinski definition) is 3. The van der Waals surface area contributed by atoms with Gasteiger partial charge in [-0.15, -0.1) is 11.8 Å². The largest absolute Gasteiger partial charge is 0.324 e. The maximum Gasteiger partial charge on any atom is 0.255 e. The van der Waals surface area contributed by atoms with Gasteiger partial charge in [-0.2, -0.15) is 0 Å². The summed E-state index contributed by atoms with van der Waals surface area (Å²) < 4.78 is 0. The van der Waals surface area contributed by atoms with Gasteiger partial charge in [0, 0.05) is 21.2 Å². The van der Waals surface area contributed by atoms with Gasteiger partial charge in [0.2, 0.25) is 5.91 Å². The number of halogens is 2. The highest BCUT2D eigenvalue weighted by molar-refractivity contribution is 8.00. The molecule has 3 rings (SSSR count). The quantitative estimate of drug-likeness (QED) is 0.405. The molecule has 0 radical (unpaired) electrons. The van der Waals surface area contributed by atoms with E-state index < -0.39 is 0 Å². The molecule has 3 aromatic rings. The Kier molecular flexibility index (Phi) is 7.43. The Morgan fingerprint density at radius 3 is 2.37 bits per heavy atom. The van der Waals surface area contributed by atoms with Crippen molar-refractivity contribution in [1.29, 1.82) is 0 Å². The molecule has 1 unspecified atom stereocenters. The fourth-order valence-corrected chi connectivity index (χ4v) is 3.90. The normalized spacial score (nSPS) is 11.6. The molecular formula is C23H20Cl2N2O2S. The second-order valence-corrected chi connectivity index (χ2v) is 8.98. The number of amides is 2. The Morgan fingerprint density at radius 1 is 0.933 bits per heavy atom. The number of carbonyl (C=O) groups excluding carboxylic acids is 2. The van der Waals surface area contributed by atoms with Crippen LogP contribution >= 0.6 is 35.0 Å². The van der Waals surface area contributed by atoms with Gasteiger partial charge in [-0.05, 0) is 68.4 Å². The van der Waals surface area contributed by atoms with Crippen molar-refractivity contribution < 1.29 is 9.59 Å². The zero-order chi connectivity index (χ0) is 21.7. The minimum atomic E-state index is -0.354. The van der Waals surface area contributed by atoms with Crippen molar-refractivity contribution in [2.24, 2.45) is 0 Å². The number of carbonyl (C=O) groups is 2. The summed E-state index contributed by atoms with van der Waals surface area (Å²) in [7, 11) is 0. The topological polar surface area (TPSA) is 58.2 Å². The van der Waals surface area contributed by atoms with Crippen molar-refractivity contribution in [2.75, 3.05) is 10.6 Å². The molecule has 0 aliphatic heterocycles. The smallest absolute Gasteiger partial charge is 0.255 e. The monoisotopic (exact) mass is 458 g/mol. The molecule has 0 spiro atoms. The summed E-state index contributed by atoms with van der Waals surface area (Å²) in [6.07, 6.45) is 0. The molecule has 0 saturated carbocycles. The molecule has 154 valence electrons. The molecule has 1 atom stereocenters. The van der Waals surface area contributed by atoms with Crippen molar-refractivity contribution in [3.63, 3.8) is 0 Å². The number of hydrogen-bond donors (Lipinski definition) is 2. The van der Waals surface area contributed by atoms with Gasteiger partial charge in [0.05, 0.1) is 16.0 Å². The van der Waals surface area contributed by atoms with Crippen molar-refractivity contribution in [1.82, 2.24) is 0 Å². The maximum atomic E-state index is 12.5. The molecule has 2 amide bonds. The number of rotatable bonds is 6. The SMILES string of the molecule is Cc1cccc(C(=O)Nc2ccc(SC(C)C(=O)Nc3cc(Cl)ccc3Cl)cc2)c1. The Morgan fingerprint density at radius 2 is 1.67 bits per heavy atom. The molecule has 7 heteroatoms. The third kappa shape index (κ3) is 6.02. The fraction of sp³-hybridized carbons (Fsp3) is 0.130. The van der Waals surface area contributed by atoms with Gasteiger partial charge in [-0.3, -0.25) is 9.59 Å². The highest BCUT2D eigenvalue weighted by Gasteiger charge is 2.16. The molecule has 2 N–H and O–H groups in total. The molecule has 0 bridgehead atoms. The number of nitrogens with one attached hydrogen (secondary N) is 2. The van der Waals surface area contributed by atoms with E-state index in [4.69, 9.17) is 23.2 Å². The predicted molar refractivity (Wildman–Crippen MR) is 126 cm³/mol. The first kappa shape index (κ1) is 22.2. The lowest BCUT2D eigenvalue weighted by atomic mass is 10.1. The molecule has 0 aliphatic carbocycles. The van der Waals surface area contributed by atoms with E-state index in [1.54, 1.807) is 24.3 Å². The van der Waals surface area contributed by atoms with Gasteiger partial charge in [0.15, 0.2) is 0 Å². The van der Waals surface area contributed by atoms with Crippen LogP contribution in [0.1, 0.15) is 22.8 Å². The van der Waals surface area contributed by atoms with Crippen molar-refractivity contribution >= 4 is 58.2 Å². The van der Waals surface area contributed by atoms with Crippen LogP contribution in [0.25, 0.3) is 0 Å². The van der Waals surface area contributed by atoms with Gasteiger partial charge in [-0.25, -0.2) is 0 Å². The van der Waals surface area contributed by atoms with E-state index in [2.05, 4.69) is 10.6 Å². The number of aryl methyl sites for hydroxylation is 1. The molecule has 0 aromatic heterocycles. The highest BCUT2D eigenvalue weighted by atomic mass is 35.5. The minimum absolute atomic E-state index is 0.162. The average molecular weight is 459 g/mol. The first-order valence-corrected chi connectivity index (χ1v) is 10.9. The summed E-state index contributed by atoms with van der Waals surface area (Å²) in [5.74, 6) is -0.341. The zero-order valence-electron chi connectivity index (χ0n) is 16.4. The van der Waals surface area contributed by atoms with Crippen LogP contribution in [0.3, 0.4) is 0 Å². The van der Waals surface area contributed by atoms with Crippen LogP contribution < -0.4 is 10.6 Å². The van der Waals surface area contributed by atoms with Crippen molar-refractivity contribution in [3.05, 3.63) is 87.9 Å². The number of anilines is 2. The van der Waals surface area contributed by atoms with Gasteiger partial charge in [0.1, 0.15) is 0 Å². The van der Waals surface area contributed by atoms with E-state index in [1.807, 2.05) is 56.3 Å². The summed E-state index contributed by atoms with van der Waals surface area (Å²) in [6.45, 7) is 3.76. The average Bonchev–Trinajstić information content (AvgIpc) is 2.72. The molecule has 3 aromatic carbocycles. The summed E-state index contributed by atoms with van der Waals surface area (Å²) in [5.41, 5.74) is 2.81. The molecule has 0 saturated heterocycles. The second kappa shape index (κ2) is 10.0. The van der Waals surface area contributed by atoms with E-state index in [1.165, 1.54) is 11.8 Å². The first-order chi connectivity index (χ1) is 14.3. The summed E-state index contributed by atoms with van der Waals surface area (Å²) in [4.78, 5) is 25.7. The fourth-order valence-electron chi connectivity index (χ4n) is 2.69. The third-order valence-corrected chi connectivity index (χ3v) is 5.94. The van der Waals surface area contributed by atoms with Crippen molar-refractivity contribution in [2.45, 2.75) is 24.0 Å². The van der Waals surface area contributed by atoms with Crippen LogP contribution in [0.5, 0.6) is 0 Å². The summed E-state index contributed by atoms with van der Waals surface area (Å²) in [5, 5.41) is 6.25. The second-order valence-electron chi connectivity index (χ2n) is 6.72. The van der Waals surface area contributed by atoms with Gasteiger partial charge >= 0.3 is 0 Å². The lowest BCUT2D eigenvalue weighted by Gasteiger charge is -2.13. The van der Waals surface area contributed by atoms with E-state index in [0.717, 1.165) is 10.5 Å². The number of thioether (sulfide) groups is 1. The van der Waals surface area contributed by atoms with Crippen LogP contribution in [0.4, 0.5) is 11.4 Å². The lowest BCUT2D eigenvalue weighted by Crippen LogP contribution is -2.22. The molecule has 30 heavy (non-hydrogen) atoms. The Bertz CT molecular complexity index is 1070. The van der Waals surface area contributed by atoms with Gasteiger partial charge in [-0.1, -0.05) is 40.9 Å². The van der Waals surface area contributed by atoms with Crippen LogP contribution in [0.15, 0.2) is 71.6 Å². The standard InChI is InChI=1S/C23H20Cl2N2O2S/c1-14-4-3-5-16(12-14)23(29)26-18-7-9-19(10-8-18)30-15(2)22(28)27-21-13-17(24)6-11-20(21)25/h3-13,15H,1-2H3,(H,26,29)(H,27,28). The summed E-state index contributed by atoms with van der Waals surface area (Å²) >= 11 is 13.5. The van der Waals surface area contributed by atoms with Gasteiger partial charge in [0.25, 0.3) is 5.91 Å². The van der Waals surface area contributed by atoms with E-state index in [0.29, 0.717) is 27.0 Å². The van der Waals surface area contributed by atoms with E-state index in [-0.39, 0.29) is 17.1 Å². The lowest BCUT2D eigenvalue weighted by molar-refractivity contribution is -0.115. The Labute approximate surface area is 190 Å². The molecule has 0 aliphatic rings. The maximum absolute atomic E-state index is 12.5. The summed E-state index contributed by atoms with van der Waals surface area (Å²) in [6, 6.07) is 19.7. The van der Waals surface area contributed by atoms with Gasteiger partial charge < -0.3 is 10.6 Å². The molecular weight excluding hydrogens is 439 g/mol. The molecule has 0 heterocycles. The van der Waals surface area contributed by atoms with E-state index >= 15 is 0 Å². The predicted octanol–water partition coefficient (Wildman–Crippen LogP) is 6.67. The Balaban J connectivity index is 1.58. The third-order valence-electron chi connectivity index (χ3n) is 4.26. The highest BCUT2D eigenvalue weighted by Crippen LogP contribution is 2.29. The molecule has 0 fully saturated rings. The first-order valence-electron chi connectivity index (χ1n) is 9.22. The van der Waals surface area contributed by atoms with Crippen LogP contribution in [-0.2, 0) is 4.79 Å². The Hall–Kier alpha value is -2.47.